The number of esters is 1. The van der Waals surface area contributed by atoms with E-state index in [1.807, 2.05) is 24.3 Å². The van der Waals surface area contributed by atoms with Gasteiger partial charge in [0.25, 0.3) is 0 Å². The van der Waals surface area contributed by atoms with E-state index in [-0.39, 0.29) is 11.9 Å². The fraction of sp³-hybridized carbons (Fsp3) is 0.261. The van der Waals surface area contributed by atoms with Crippen LogP contribution in [0.3, 0.4) is 0 Å². The van der Waals surface area contributed by atoms with Crippen LogP contribution in [0.2, 0.25) is 0 Å². The lowest BCUT2D eigenvalue weighted by Gasteiger charge is -2.39. The minimum absolute atomic E-state index is 0.101. The third kappa shape index (κ3) is 2.74. The third-order valence-electron chi connectivity index (χ3n) is 6.28. The van der Waals surface area contributed by atoms with Gasteiger partial charge in [0.05, 0.1) is 23.9 Å². The maximum atomic E-state index is 13.2. The molecule has 6 rings (SSSR count). The molecule has 8 heteroatoms. The minimum atomic E-state index is -0.714. The fourth-order valence-corrected chi connectivity index (χ4v) is 4.87. The molecule has 0 bridgehead atoms. The van der Waals surface area contributed by atoms with E-state index in [2.05, 4.69) is 19.9 Å². The summed E-state index contributed by atoms with van der Waals surface area (Å²) in [5.74, 6) is 0.318. The van der Waals surface area contributed by atoms with Gasteiger partial charge in [0.2, 0.25) is 0 Å². The number of rotatable bonds is 2. The summed E-state index contributed by atoms with van der Waals surface area (Å²) in [6.07, 6.45) is 6.41. The van der Waals surface area contributed by atoms with Crippen molar-refractivity contribution in [3.05, 3.63) is 71.6 Å². The van der Waals surface area contributed by atoms with Crippen LogP contribution >= 0.6 is 0 Å². The molecular weight excluding hydrogens is 397 g/mol. The van der Waals surface area contributed by atoms with Gasteiger partial charge in [-0.05, 0) is 37.5 Å². The first kappa shape index (κ1) is 18.1. The van der Waals surface area contributed by atoms with Crippen molar-refractivity contribution in [2.45, 2.75) is 37.2 Å². The van der Waals surface area contributed by atoms with Gasteiger partial charge in [-0.3, -0.25) is 0 Å². The van der Waals surface area contributed by atoms with E-state index < -0.39 is 11.4 Å². The number of benzene rings is 1. The Morgan fingerprint density at radius 1 is 1.06 bits per heavy atom. The molecule has 31 heavy (non-hydrogen) atoms. The average Bonchev–Trinajstić information content (AvgIpc) is 3.34. The van der Waals surface area contributed by atoms with Gasteiger partial charge in [0, 0.05) is 5.56 Å². The highest BCUT2D eigenvalue weighted by Crippen LogP contribution is 2.53. The number of ether oxygens (including phenoxy) is 1. The zero-order chi connectivity index (χ0) is 21.0. The molecule has 154 valence electrons. The molecule has 0 saturated heterocycles. The number of halogens is 1. The van der Waals surface area contributed by atoms with Crippen molar-refractivity contribution < 1.29 is 13.9 Å². The maximum Gasteiger partial charge on any atom is 0.339 e. The van der Waals surface area contributed by atoms with Gasteiger partial charge in [-0.1, -0.05) is 24.6 Å². The Kier molecular flexibility index (Phi) is 3.89. The van der Waals surface area contributed by atoms with E-state index >= 15 is 0 Å². The van der Waals surface area contributed by atoms with Crippen LogP contribution in [0.1, 0.15) is 53.3 Å². The quantitative estimate of drug-likeness (QED) is 0.491. The molecule has 0 amide bonds. The molecule has 1 spiro atoms. The molecule has 4 aromatic rings. The number of carbonyl (C=O) groups excluding carboxylic acids is 1. The normalized spacial score (nSPS) is 22.6. The van der Waals surface area contributed by atoms with Gasteiger partial charge in [-0.2, -0.15) is 0 Å². The first-order chi connectivity index (χ1) is 15.1. The lowest BCUT2D eigenvalue weighted by Crippen LogP contribution is -2.37. The lowest BCUT2D eigenvalue weighted by atomic mass is 9.71. The van der Waals surface area contributed by atoms with Crippen molar-refractivity contribution in [1.82, 2.24) is 24.9 Å². The minimum Gasteiger partial charge on any atom is -0.450 e. The Morgan fingerprint density at radius 3 is 2.84 bits per heavy atom. The summed E-state index contributed by atoms with van der Waals surface area (Å²) in [6, 6.07) is 10.5. The van der Waals surface area contributed by atoms with E-state index in [1.165, 1.54) is 12.1 Å². The van der Waals surface area contributed by atoms with Crippen molar-refractivity contribution >= 4 is 17.1 Å². The largest absolute Gasteiger partial charge is 0.450 e. The zero-order valence-electron chi connectivity index (χ0n) is 16.5. The summed E-state index contributed by atoms with van der Waals surface area (Å²) in [6.45, 7) is 0. The van der Waals surface area contributed by atoms with Crippen molar-refractivity contribution in [1.29, 1.82) is 0 Å². The third-order valence-corrected chi connectivity index (χ3v) is 6.28. The van der Waals surface area contributed by atoms with E-state index in [0.29, 0.717) is 28.2 Å². The molecule has 2 atom stereocenters. The van der Waals surface area contributed by atoms with Crippen molar-refractivity contribution in [2.24, 2.45) is 0 Å². The van der Waals surface area contributed by atoms with Gasteiger partial charge in [0.1, 0.15) is 28.5 Å². The smallest absolute Gasteiger partial charge is 0.339 e. The van der Waals surface area contributed by atoms with Crippen LogP contribution in [0.5, 0.6) is 0 Å². The molecule has 7 nitrogen and oxygen atoms in total. The SMILES string of the molecule is O=C1O[C@@]2(CCCC[C@H]2c2nc3nc(-c4ccc(F)cn4)ncc3[nH]2)c2ccccc21. The number of hydrogen-bond acceptors (Lipinski definition) is 6. The predicted octanol–water partition coefficient (Wildman–Crippen LogP) is 4.28. The van der Waals surface area contributed by atoms with Crippen LogP contribution in [0.25, 0.3) is 22.7 Å². The van der Waals surface area contributed by atoms with Crippen molar-refractivity contribution in [3.63, 3.8) is 0 Å². The van der Waals surface area contributed by atoms with E-state index in [0.717, 1.165) is 43.3 Å². The first-order valence-corrected chi connectivity index (χ1v) is 10.3. The van der Waals surface area contributed by atoms with Crippen LogP contribution in [0.4, 0.5) is 4.39 Å². The highest BCUT2D eigenvalue weighted by Gasteiger charge is 2.53. The summed E-state index contributed by atoms with van der Waals surface area (Å²) in [7, 11) is 0. The fourth-order valence-electron chi connectivity index (χ4n) is 4.87. The molecule has 1 aliphatic carbocycles. The average molecular weight is 415 g/mol. The second-order valence-corrected chi connectivity index (χ2v) is 8.04. The van der Waals surface area contributed by atoms with Gasteiger partial charge in [-0.15, -0.1) is 0 Å². The van der Waals surface area contributed by atoms with E-state index in [1.54, 1.807) is 6.20 Å². The Morgan fingerprint density at radius 2 is 1.97 bits per heavy atom. The number of nitrogens with zero attached hydrogens (tertiary/aromatic N) is 4. The number of aromatic nitrogens is 5. The van der Waals surface area contributed by atoms with Crippen LogP contribution < -0.4 is 0 Å². The molecule has 1 N–H and O–H groups in total. The van der Waals surface area contributed by atoms with E-state index in [9.17, 15) is 9.18 Å². The Bertz CT molecular complexity index is 1320. The molecule has 1 aromatic carbocycles. The topological polar surface area (TPSA) is 93.7 Å². The zero-order valence-corrected chi connectivity index (χ0v) is 16.5. The van der Waals surface area contributed by atoms with Gasteiger partial charge >= 0.3 is 5.97 Å². The molecular formula is C23H18FN5O2. The van der Waals surface area contributed by atoms with Crippen LogP contribution in [0.15, 0.2) is 48.8 Å². The molecule has 0 unspecified atom stereocenters. The molecule has 1 aliphatic heterocycles. The molecule has 1 saturated carbocycles. The molecule has 3 aromatic heterocycles. The number of carbonyl (C=O) groups is 1. The Balaban J connectivity index is 1.44. The predicted molar refractivity (Wildman–Crippen MR) is 110 cm³/mol. The highest BCUT2D eigenvalue weighted by atomic mass is 19.1. The van der Waals surface area contributed by atoms with Crippen LogP contribution in [-0.4, -0.2) is 30.9 Å². The summed E-state index contributed by atoms with van der Waals surface area (Å²) in [5.41, 5.74) is 2.53. The monoisotopic (exact) mass is 415 g/mol. The number of fused-ring (bicyclic) bond motifs is 3. The lowest BCUT2D eigenvalue weighted by molar-refractivity contribution is -0.0433. The molecule has 0 radical (unpaired) electrons. The maximum absolute atomic E-state index is 13.2. The summed E-state index contributed by atoms with van der Waals surface area (Å²) >= 11 is 0. The van der Waals surface area contributed by atoms with E-state index in [4.69, 9.17) is 9.72 Å². The Labute approximate surface area is 176 Å². The summed E-state index contributed by atoms with van der Waals surface area (Å²) in [4.78, 5) is 33.6. The van der Waals surface area contributed by atoms with Gasteiger partial charge in [-0.25, -0.2) is 29.1 Å². The number of aromatic amines is 1. The second-order valence-electron chi connectivity index (χ2n) is 8.04. The van der Waals surface area contributed by atoms with Gasteiger partial charge < -0.3 is 9.72 Å². The standard InChI is InChI=1S/C23H18FN5O2/c24-13-8-9-17(25-11-13)20-26-12-18-21(29-20)28-19(27-18)16-7-3-4-10-23(16)15-6-2-1-5-14(15)22(30)31-23/h1-2,5-6,8-9,11-12,16H,3-4,7,10H2,(H,26,27,28,29)/t16-,23-/m0/s1. The number of imidazole rings is 1. The highest BCUT2D eigenvalue weighted by molar-refractivity contribution is 5.95. The number of H-pyrrole nitrogens is 1. The number of hydrogen-bond donors (Lipinski definition) is 1. The van der Waals surface area contributed by atoms with Crippen molar-refractivity contribution in [2.75, 3.05) is 0 Å². The van der Waals surface area contributed by atoms with Crippen molar-refractivity contribution in [3.8, 4) is 11.5 Å². The summed E-state index contributed by atoms with van der Waals surface area (Å²) in [5, 5.41) is 0. The number of nitrogens with one attached hydrogen (secondary N) is 1. The first-order valence-electron chi connectivity index (χ1n) is 10.3. The van der Waals surface area contributed by atoms with Gasteiger partial charge in [0.15, 0.2) is 11.5 Å². The Hall–Kier alpha value is -3.68. The van der Waals surface area contributed by atoms with Crippen LogP contribution in [-0.2, 0) is 10.3 Å². The summed E-state index contributed by atoms with van der Waals surface area (Å²) < 4.78 is 19.2. The van der Waals surface area contributed by atoms with Crippen LogP contribution in [0, 0.1) is 5.82 Å². The second kappa shape index (κ2) is 6.66. The molecule has 1 fully saturated rings. The molecule has 4 heterocycles. The molecule has 2 aliphatic rings. The number of pyridine rings is 1.